The van der Waals surface area contributed by atoms with E-state index in [0.717, 1.165) is 36.8 Å². The van der Waals surface area contributed by atoms with Gasteiger partial charge in [0.25, 0.3) is 0 Å². The lowest BCUT2D eigenvalue weighted by atomic mass is 10.1. The number of hydrogen-bond donors (Lipinski definition) is 2. The molecule has 1 fully saturated rings. The fourth-order valence-electron chi connectivity index (χ4n) is 2.72. The molecule has 1 unspecified atom stereocenters. The molecule has 0 aliphatic carbocycles. The van der Waals surface area contributed by atoms with Crippen LogP contribution in [0.1, 0.15) is 20.3 Å². The van der Waals surface area contributed by atoms with Crippen molar-refractivity contribution in [3.8, 4) is 11.5 Å². The lowest BCUT2D eigenvalue weighted by Crippen LogP contribution is -2.24. The minimum absolute atomic E-state index is 0. The molecule has 0 amide bonds. The summed E-state index contributed by atoms with van der Waals surface area (Å²) in [6, 6.07) is 5.66. The van der Waals surface area contributed by atoms with Gasteiger partial charge in [0.2, 0.25) is 0 Å². The van der Waals surface area contributed by atoms with Crippen molar-refractivity contribution in [2.45, 2.75) is 20.3 Å². The fraction of sp³-hybridized carbons (Fsp3) is 0.588. The van der Waals surface area contributed by atoms with Crippen LogP contribution >= 0.6 is 24.0 Å². The average Bonchev–Trinajstić information content (AvgIpc) is 2.94. The van der Waals surface area contributed by atoms with Crippen LogP contribution in [-0.2, 0) is 0 Å². The summed E-state index contributed by atoms with van der Waals surface area (Å²) >= 11 is 0. The molecule has 1 heterocycles. The maximum atomic E-state index is 6.04. The third kappa shape index (κ3) is 6.35. The number of likely N-dealkylation sites (tertiary alicyclic amines) is 1. The molecule has 0 aromatic heterocycles. The molecule has 2 rings (SSSR count). The van der Waals surface area contributed by atoms with Crippen LogP contribution in [0.25, 0.3) is 0 Å². The van der Waals surface area contributed by atoms with E-state index in [0.29, 0.717) is 25.1 Å². The van der Waals surface area contributed by atoms with E-state index in [1.54, 1.807) is 0 Å². The Morgan fingerprint density at radius 3 is 2.71 bits per heavy atom. The zero-order chi connectivity index (χ0) is 16.7. The Morgan fingerprint density at radius 2 is 2.08 bits per heavy atom. The van der Waals surface area contributed by atoms with Gasteiger partial charge in [0, 0.05) is 19.2 Å². The Morgan fingerprint density at radius 1 is 1.33 bits per heavy atom. The third-order valence-corrected chi connectivity index (χ3v) is 3.83. The van der Waals surface area contributed by atoms with Crippen molar-refractivity contribution in [3.63, 3.8) is 0 Å². The zero-order valence-corrected chi connectivity index (χ0v) is 17.1. The number of rotatable bonds is 7. The minimum Gasteiger partial charge on any atom is -0.494 e. The van der Waals surface area contributed by atoms with Crippen LogP contribution in [0.3, 0.4) is 0 Å². The monoisotopic (exact) mass is 448 g/mol. The summed E-state index contributed by atoms with van der Waals surface area (Å²) in [6.07, 6.45) is 1.18. The van der Waals surface area contributed by atoms with E-state index < -0.39 is 0 Å². The van der Waals surface area contributed by atoms with Crippen molar-refractivity contribution in [1.29, 1.82) is 0 Å². The van der Waals surface area contributed by atoms with Gasteiger partial charge in [0.1, 0.15) is 11.5 Å². The highest BCUT2D eigenvalue weighted by Crippen LogP contribution is 2.29. The molecule has 1 aliphatic heterocycles. The van der Waals surface area contributed by atoms with Crippen LogP contribution in [0.4, 0.5) is 5.69 Å². The molecular formula is C17H29IN4O2. The van der Waals surface area contributed by atoms with Gasteiger partial charge < -0.3 is 25.4 Å². The third-order valence-electron chi connectivity index (χ3n) is 3.83. The van der Waals surface area contributed by atoms with Gasteiger partial charge in [-0.25, -0.2) is 0 Å². The predicted octanol–water partition coefficient (Wildman–Crippen LogP) is 2.78. The number of halogens is 1. The molecule has 1 saturated heterocycles. The maximum absolute atomic E-state index is 6.04. The second kappa shape index (κ2) is 10.6. The van der Waals surface area contributed by atoms with Crippen LogP contribution in [0.2, 0.25) is 0 Å². The van der Waals surface area contributed by atoms with Gasteiger partial charge in [-0.2, -0.15) is 0 Å². The lowest BCUT2D eigenvalue weighted by Gasteiger charge is -2.14. The number of nitrogens with one attached hydrogen (secondary N) is 1. The Hall–Kier alpha value is -1.22. The summed E-state index contributed by atoms with van der Waals surface area (Å²) < 4.78 is 11.2. The summed E-state index contributed by atoms with van der Waals surface area (Å²) in [7, 11) is 2.14. The quantitative estimate of drug-likeness (QED) is 0.382. The largest absolute Gasteiger partial charge is 0.494 e. The maximum Gasteiger partial charge on any atom is 0.193 e. The molecule has 1 aliphatic rings. The summed E-state index contributed by atoms with van der Waals surface area (Å²) in [5.41, 5.74) is 6.82. The van der Waals surface area contributed by atoms with Gasteiger partial charge in [0.05, 0.1) is 18.9 Å². The number of hydrogen-bond acceptors (Lipinski definition) is 4. The van der Waals surface area contributed by atoms with E-state index in [1.165, 1.54) is 6.42 Å². The first-order valence-electron chi connectivity index (χ1n) is 8.27. The Kier molecular flexibility index (Phi) is 9.20. The van der Waals surface area contributed by atoms with Crippen molar-refractivity contribution in [3.05, 3.63) is 18.2 Å². The first-order chi connectivity index (χ1) is 11.1. The van der Waals surface area contributed by atoms with Crippen LogP contribution in [-0.4, -0.2) is 50.8 Å². The van der Waals surface area contributed by atoms with Crippen molar-refractivity contribution < 1.29 is 9.47 Å². The SMILES string of the molecule is CCOc1ccc(OCC)c(NC(N)=NCC2CCN(C)C2)c1.I. The molecule has 136 valence electrons. The van der Waals surface area contributed by atoms with E-state index >= 15 is 0 Å². The normalized spacial score (nSPS) is 18.1. The first-order valence-corrected chi connectivity index (χ1v) is 8.27. The molecule has 6 nitrogen and oxygen atoms in total. The van der Waals surface area contributed by atoms with Crippen LogP contribution in [0.15, 0.2) is 23.2 Å². The van der Waals surface area contributed by atoms with Gasteiger partial charge in [-0.3, -0.25) is 4.99 Å². The second-order valence-electron chi connectivity index (χ2n) is 5.79. The van der Waals surface area contributed by atoms with Crippen molar-refractivity contribution in [2.75, 3.05) is 45.2 Å². The number of guanidine groups is 1. The molecular weight excluding hydrogens is 419 g/mol. The molecule has 0 saturated carbocycles. The summed E-state index contributed by atoms with van der Waals surface area (Å²) in [4.78, 5) is 6.80. The van der Waals surface area contributed by atoms with E-state index in [-0.39, 0.29) is 24.0 Å². The number of anilines is 1. The minimum atomic E-state index is 0. The summed E-state index contributed by atoms with van der Waals surface area (Å²) in [5, 5.41) is 3.14. The van der Waals surface area contributed by atoms with E-state index in [9.17, 15) is 0 Å². The van der Waals surface area contributed by atoms with Gasteiger partial charge >= 0.3 is 0 Å². The van der Waals surface area contributed by atoms with Gasteiger partial charge in [-0.15, -0.1) is 24.0 Å². The number of aliphatic imine (C=N–C) groups is 1. The van der Waals surface area contributed by atoms with Crippen molar-refractivity contribution >= 4 is 35.6 Å². The molecule has 0 bridgehead atoms. The van der Waals surface area contributed by atoms with Gasteiger partial charge in [-0.05, 0) is 51.9 Å². The summed E-state index contributed by atoms with van der Waals surface area (Å²) in [6.45, 7) is 8.09. The standard InChI is InChI=1S/C17H28N4O2.HI/c1-4-22-14-6-7-16(23-5-2)15(10-14)20-17(18)19-11-13-8-9-21(3)12-13;/h6-7,10,13H,4-5,8-9,11-12H2,1-3H3,(H3,18,19,20);1H. The van der Waals surface area contributed by atoms with E-state index in [4.69, 9.17) is 15.2 Å². The smallest absolute Gasteiger partial charge is 0.193 e. The highest BCUT2D eigenvalue weighted by Gasteiger charge is 2.18. The fourth-order valence-corrected chi connectivity index (χ4v) is 2.72. The highest BCUT2D eigenvalue weighted by atomic mass is 127. The highest BCUT2D eigenvalue weighted by molar-refractivity contribution is 14.0. The van der Waals surface area contributed by atoms with E-state index in [2.05, 4.69) is 22.3 Å². The second-order valence-corrected chi connectivity index (χ2v) is 5.79. The van der Waals surface area contributed by atoms with Crippen molar-refractivity contribution in [2.24, 2.45) is 16.6 Å². The number of nitrogens with two attached hydrogens (primary N) is 1. The zero-order valence-electron chi connectivity index (χ0n) is 14.7. The Bertz CT molecular complexity index is 539. The van der Waals surface area contributed by atoms with Crippen LogP contribution < -0.4 is 20.5 Å². The molecule has 3 N–H and O–H groups in total. The molecule has 24 heavy (non-hydrogen) atoms. The summed E-state index contributed by atoms with van der Waals surface area (Å²) in [5.74, 6) is 2.52. The average molecular weight is 448 g/mol. The molecule has 1 atom stereocenters. The van der Waals surface area contributed by atoms with Gasteiger partial charge in [0.15, 0.2) is 5.96 Å². The first kappa shape index (κ1) is 20.8. The predicted molar refractivity (Wildman–Crippen MR) is 110 cm³/mol. The molecule has 7 heteroatoms. The number of ether oxygens (including phenoxy) is 2. The van der Waals surface area contributed by atoms with Crippen LogP contribution in [0, 0.1) is 5.92 Å². The van der Waals surface area contributed by atoms with Gasteiger partial charge in [-0.1, -0.05) is 0 Å². The number of nitrogens with zero attached hydrogens (tertiary/aromatic N) is 2. The molecule has 1 aromatic rings. The molecule has 0 spiro atoms. The Balaban J connectivity index is 0.00000288. The Labute approximate surface area is 161 Å². The van der Waals surface area contributed by atoms with Crippen molar-refractivity contribution in [1.82, 2.24) is 4.90 Å². The van der Waals surface area contributed by atoms with Crippen LogP contribution in [0.5, 0.6) is 11.5 Å². The number of benzene rings is 1. The molecule has 1 aromatic carbocycles. The lowest BCUT2D eigenvalue weighted by molar-refractivity contribution is 0.332. The molecule has 0 radical (unpaired) electrons. The van der Waals surface area contributed by atoms with E-state index in [1.807, 2.05) is 32.0 Å². The topological polar surface area (TPSA) is 72.1 Å².